The number of rotatable bonds is 3. The van der Waals surface area contributed by atoms with Gasteiger partial charge in [-0.25, -0.2) is 0 Å². The van der Waals surface area contributed by atoms with Crippen LogP contribution in [0, 0.1) is 31.6 Å². The topological polar surface area (TPSA) is 41.9 Å². The SMILES string of the molecule is Cc1ccc(NC(=S)Nc2ccn(C34CC5CC(CC(C5)C3)C4)n2)cc1C. The van der Waals surface area contributed by atoms with Crippen LogP contribution in [0.15, 0.2) is 30.5 Å². The molecule has 4 fully saturated rings. The summed E-state index contributed by atoms with van der Waals surface area (Å²) in [6.45, 7) is 4.23. The van der Waals surface area contributed by atoms with E-state index < -0.39 is 0 Å². The number of thiocarbonyl (C=S) groups is 1. The summed E-state index contributed by atoms with van der Waals surface area (Å²) in [6.07, 6.45) is 10.5. The number of nitrogens with one attached hydrogen (secondary N) is 2. The van der Waals surface area contributed by atoms with Gasteiger partial charge in [-0.3, -0.25) is 4.68 Å². The van der Waals surface area contributed by atoms with Gasteiger partial charge in [0.05, 0.1) is 5.54 Å². The molecule has 4 bridgehead atoms. The van der Waals surface area contributed by atoms with Crippen LogP contribution >= 0.6 is 12.2 Å². The second-order valence-electron chi connectivity index (χ2n) is 9.17. The van der Waals surface area contributed by atoms with Gasteiger partial charge in [-0.1, -0.05) is 6.07 Å². The molecular weight excluding hydrogens is 352 g/mol. The quantitative estimate of drug-likeness (QED) is 0.715. The summed E-state index contributed by atoms with van der Waals surface area (Å²) in [5.74, 6) is 3.60. The highest BCUT2D eigenvalue weighted by atomic mass is 32.1. The van der Waals surface area contributed by atoms with Gasteiger partial charge in [0.2, 0.25) is 0 Å². The van der Waals surface area contributed by atoms with Crippen molar-refractivity contribution in [1.82, 2.24) is 9.78 Å². The third-order valence-electron chi connectivity index (χ3n) is 7.09. The zero-order chi connectivity index (χ0) is 18.6. The van der Waals surface area contributed by atoms with Crippen molar-refractivity contribution in [3.05, 3.63) is 41.6 Å². The Morgan fingerprint density at radius 1 is 1.00 bits per heavy atom. The largest absolute Gasteiger partial charge is 0.332 e. The first-order valence-electron chi connectivity index (χ1n) is 10.2. The second-order valence-corrected chi connectivity index (χ2v) is 9.57. The van der Waals surface area contributed by atoms with Gasteiger partial charge in [-0.05, 0) is 106 Å². The maximum atomic E-state index is 5.50. The summed E-state index contributed by atoms with van der Waals surface area (Å²) in [6, 6.07) is 8.36. The van der Waals surface area contributed by atoms with Crippen LogP contribution in [0.5, 0.6) is 0 Å². The zero-order valence-electron chi connectivity index (χ0n) is 16.2. The monoisotopic (exact) mass is 380 g/mol. The van der Waals surface area contributed by atoms with Gasteiger partial charge < -0.3 is 10.6 Å². The Hall–Kier alpha value is -1.88. The molecule has 0 unspecified atom stereocenters. The number of nitrogens with zero attached hydrogens (tertiary/aromatic N) is 2. The second kappa shape index (κ2) is 6.33. The minimum atomic E-state index is 0.262. The van der Waals surface area contributed by atoms with Crippen LogP contribution in [-0.4, -0.2) is 14.9 Å². The van der Waals surface area contributed by atoms with E-state index in [4.69, 9.17) is 17.3 Å². The molecule has 0 aliphatic heterocycles. The fourth-order valence-electron chi connectivity index (χ4n) is 6.10. The van der Waals surface area contributed by atoms with Crippen molar-refractivity contribution in [3.63, 3.8) is 0 Å². The van der Waals surface area contributed by atoms with E-state index in [1.807, 2.05) is 0 Å². The molecule has 142 valence electrons. The molecule has 1 aromatic carbocycles. The average Bonchev–Trinajstić information content (AvgIpc) is 3.06. The number of benzene rings is 1. The summed E-state index contributed by atoms with van der Waals surface area (Å²) in [7, 11) is 0. The Morgan fingerprint density at radius 3 is 2.30 bits per heavy atom. The Balaban J connectivity index is 1.28. The standard InChI is InChI=1S/C22H28N4S/c1-14-3-4-19(7-15(14)2)23-21(27)24-20-5-6-26(25-20)22-11-16-8-17(12-22)10-18(9-16)13-22/h3-7,16-18H,8-13H2,1-2H3,(H2,23,24,25,27). The highest BCUT2D eigenvalue weighted by molar-refractivity contribution is 7.80. The maximum Gasteiger partial charge on any atom is 0.176 e. The van der Waals surface area contributed by atoms with E-state index in [0.717, 1.165) is 29.3 Å². The van der Waals surface area contributed by atoms with Crippen molar-refractivity contribution in [1.29, 1.82) is 0 Å². The van der Waals surface area contributed by atoms with Crippen molar-refractivity contribution in [2.24, 2.45) is 17.8 Å². The van der Waals surface area contributed by atoms with Crippen molar-refractivity contribution in [2.75, 3.05) is 10.6 Å². The molecule has 2 N–H and O–H groups in total. The molecule has 27 heavy (non-hydrogen) atoms. The van der Waals surface area contributed by atoms with Crippen molar-refractivity contribution in [2.45, 2.75) is 57.9 Å². The third-order valence-corrected chi connectivity index (χ3v) is 7.29. The fraction of sp³-hybridized carbons (Fsp3) is 0.545. The summed E-state index contributed by atoms with van der Waals surface area (Å²) < 4.78 is 2.26. The van der Waals surface area contributed by atoms with Crippen LogP contribution in [0.25, 0.3) is 0 Å². The molecule has 0 atom stereocenters. The molecule has 4 saturated carbocycles. The Kier molecular flexibility index (Phi) is 4.04. The lowest BCUT2D eigenvalue weighted by molar-refractivity contribution is -0.0492. The van der Waals surface area contributed by atoms with Crippen molar-refractivity contribution < 1.29 is 0 Å². The van der Waals surface area contributed by atoms with Gasteiger partial charge in [0, 0.05) is 18.0 Å². The van der Waals surface area contributed by atoms with Crippen LogP contribution in [0.4, 0.5) is 11.5 Å². The summed E-state index contributed by atoms with van der Waals surface area (Å²) in [4.78, 5) is 0. The molecule has 0 radical (unpaired) electrons. The minimum Gasteiger partial charge on any atom is -0.332 e. The first kappa shape index (κ1) is 17.2. The van der Waals surface area contributed by atoms with Gasteiger partial charge in [-0.2, -0.15) is 5.10 Å². The minimum absolute atomic E-state index is 0.262. The molecule has 4 nitrogen and oxygen atoms in total. The van der Waals surface area contributed by atoms with Gasteiger partial charge in [0.25, 0.3) is 0 Å². The van der Waals surface area contributed by atoms with E-state index >= 15 is 0 Å². The van der Waals surface area contributed by atoms with Crippen LogP contribution in [0.1, 0.15) is 49.7 Å². The predicted molar refractivity (Wildman–Crippen MR) is 114 cm³/mol. The Morgan fingerprint density at radius 2 is 1.67 bits per heavy atom. The molecule has 4 aliphatic carbocycles. The first-order valence-corrected chi connectivity index (χ1v) is 10.6. The van der Waals surface area contributed by atoms with Crippen LogP contribution in [0.3, 0.4) is 0 Å². The third kappa shape index (κ3) is 3.16. The number of anilines is 2. The normalized spacial score (nSPS) is 31.1. The average molecular weight is 381 g/mol. The molecule has 4 aliphatic rings. The molecule has 1 aromatic heterocycles. The summed E-state index contributed by atoms with van der Waals surface area (Å²) in [5.41, 5.74) is 3.82. The lowest BCUT2D eigenvalue weighted by Crippen LogP contribution is -2.52. The van der Waals surface area contributed by atoms with E-state index in [2.05, 4.69) is 59.6 Å². The van der Waals surface area contributed by atoms with Crippen LogP contribution in [0.2, 0.25) is 0 Å². The number of aromatic nitrogens is 2. The highest BCUT2D eigenvalue weighted by Gasteiger charge is 2.52. The highest BCUT2D eigenvalue weighted by Crippen LogP contribution is 2.58. The van der Waals surface area contributed by atoms with Gasteiger partial charge in [0.1, 0.15) is 0 Å². The van der Waals surface area contributed by atoms with Crippen molar-refractivity contribution in [3.8, 4) is 0 Å². The van der Waals surface area contributed by atoms with Crippen LogP contribution in [-0.2, 0) is 5.54 Å². The fourth-order valence-corrected chi connectivity index (χ4v) is 6.32. The Bertz CT molecular complexity index is 849. The van der Waals surface area contributed by atoms with Crippen LogP contribution < -0.4 is 10.6 Å². The predicted octanol–water partition coefficient (Wildman–Crippen LogP) is 5.23. The van der Waals surface area contributed by atoms with E-state index in [0.29, 0.717) is 5.11 Å². The molecule has 0 spiro atoms. The zero-order valence-corrected chi connectivity index (χ0v) is 17.0. The van der Waals surface area contributed by atoms with E-state index in [-0.39, 0.29) is 5.54 Å². The molecule has 0 saturated heterocycles. The first-order chi connectivity index (χ1) is 13.0. The summed E-state index contributed by atoms with van der Waals surface area (Å²) in [5, 5.41) is 12.0. The van der Waals surface area contributed by atoms with Gasteiger partial charge in [-0.15, -0.1) is 0 Å². The molecular formula is C22H28N4S. The van der Waals surface area contributed by atoms with E-state index in [1.165, 1.54) is 49.7 Å². The van der Waals surface area contributed by atoms with Gasteiger partial charge >= 0.3 is 0 Å². The summed E-state index contributed by atoms with van der Waals surface area (Å²) >= 11 is 5.50. The molecule has 6 rings (SSSR count). The van der Waals surface area contributed by atoms with E-state index in [9.17, 15) is 0 Å². The number of hydrogen-bond donors (Lipinski definition) is 2. The molecule has 2 aromatic rings. The number of hydrogen-bond acceptors (Lipinski definition) is 2. The lowest BCUT2D eigenvalue weighted by Gasteiger charge is -2.56. The van der Waals surface area contributed by atoms with E-state index in [1.54, 1.807) is 0 Å². The maximum absolute atomic E-state index is 5.50. The molecule has 1 heterocycles. The number of aryl methyl sites for hydroxylation is 2. The smallest absolute Gasteiger partial charge is 0.176 e. The van der Waals surface area contributed by atoms with Gasteiger partial charge in [0.15, 0.2) is 10.9 Å². The Labute approximate surface area is 166 Å². The molecule has 5 heteroatoms. The lowest BCUT2D eigenvalue weighted by atomic mass is 9.53. The molecule has 0 amide bonds. The van der Waals surface area contributed by atoms with Crippen molar-refractivity contribution >= 4 is 28.8 Å².